The smallest absolute Gasteiger partial charge is 0.0593 e. The van der Waals surface area contributed by atoms with Gasteiger partial charge in [0, 0.05) is 42.7 Å². The maximum Gasteiger partial charge on any atom is 0.0593 e. The van der Waals surface area contributed by atoms with Crippen molar-refractivity contribution in [2.24, 2.45) is 7.05 Å². The Morgan fingerprint density at radius 2 is 1.88 bits per heavy atom. The average Bonchev–Trinajstić information content (AvgIpc) is 3.18. The van der Waals surface area contributed by atoms with E-state index in [0.29, 0.717) is 6.17 Å². The summed E-state index contributed by atoms with van der Waals surface area (Å²) in [6.45, 7) is 7.03. The SMILES string of the molecule is CC(N1CCCC1)N1CCc2c(n(C)c3ccccc23)C(CO)C1. The van der Waals surface area contributed by atoms with Crippen molar-refractivity contribution < 1.29 is 5.11 Å². The molecule has 4 rings (SSSR count). The van der Waals surface area contributed by atoms with Crippen LogP contribution in [0.1, 0.15) is 36.9 Å². The monoisotopic (exact) mass is 327 g/mol. The molecule has 0 saturated carbocycles. The molecule has 1 saturated heterocycles. The Balaban J connectivity index is 1.68. The molecule has 130 valence electrons. The van der Waals surface area contributed by atoms with E-state index >= 15 is 0 Å². The number of hydrogen-bond acceptors (Lipinski definition) is 3. The fourth-order valence-electron chi connectivity index (χ4n) is 4.82. The second-order valence-electron chi connectivity index (χ2n) is 7.44. The molecule has 1 aromatic carbocycles. The van der Waals surface area contributed by atoms with Gasteiger partial charge in [-0.2, -0.15) is 0 Å². The van der Waals surface area contributed by atoms with Crippen molar-refractivity contribution in [1.29, 1.82) is 0 Å². The summed E-state index contributed by atoms with van der Waals surface area (Å²) in [5.41, 5.74) is 4.08. The first kappa shape index (κ1) is 16.1. The highest BCUT2D eigenvalue weighted by molar-refractivity contribution is 5.86. The van der Waals surface area contributed by atoms with Crippen LogP contribution in [0.5, 0.6) is 0 Å². The van der Waals surface area contributed by atoms with Crippen molar-refractivity contribution in [2.75, 3.05) is 32.8 Å². The van der Waals surface area contributed by atoms with E-state index in [0.717, 1.165) is 19.5 Å². The number of hydrogen-bond donors (Lipinski definition) is 1. The highest BCUT2D eigenvalue weighted by Gasteiger charge is 2.31. The Hall–Kier alpha value is -1.36. The molecule has 3 heterocycles. The lowest BCUT2D eigenvalue weighted by molar-refractivity contribution is 0.0641. The predicted molar refractivity (Wildman–Crippen MR) is 98.3 cm³/mol. The van der Waals surface area contributed by atoms with E-state index in [9.17, 15) is 5.11 Å². The third-order valence-electron chi connectivity index (χ3n) is 6.17. The molecule has 1 aromatic heterocycles. The normalized spacial score (nSPS) is 24.2. The molecule has 0 amide bonds. The maximum absolute atomic E-state index is 10.1. The average molecular weight is 327 g/mol. The zero-order chi connectivity index (χ0) is 16.7. The molecule has 2 atom stereocenters. The molecule has 2 aliphatic heterocycles. The summed E-state index contributed by atoms with van der Waals surface area (Å²) in [4.78, 5) is 5.18. The fraction of sp³-hybridized carbons (Fsp3) is 0.600. The number of benzene rings is 1. The van der Waals surface area contributed by atoms with E-state index in [4.69, 9.17) is 0 Å². The second kappa shape index (κ2) is 6.51. The minimum atomic E-state index is 0.199. The number of aliphatic hydroxyl groups excluding tert-OH is 1. The lowest BCUT2D eigenvalue weighted by atomic mass is 10.0. The van der Waals surface area contributed by atoms with E-state index in [1.54, 1.807) is 0 Å². The Bertz CT molecular complexity index is 717. The summed E-state index contributed by atoms with van der Waals surface area (Å²) in [5, 5.41) is 11.5. The molecule has 1 fully saturated rings. The molecule has 0 bridgehead atoms. The lowest BCUT2D eigenvalue weighted by Gasteiger charge is -2.36. The summed E-state index contributed by atoms with van der Waals surface area (Å²) < 4.78 is 2.32. The quantitative estimate of drug-likeness (QED) is 0.940. The van der Waals surface area contributed by atoms with E-state index in [2.05, 4.69) is 52.6 Å². The first-order chi connectivity index (χ1) is 11.7. The first-order valence-electron chi connectivity index (χ1n) is 9.36. The third-order valence-corrected chi connectivity index (χ3v) is 6.17. The number of aryl methyl sites for hydroxylation is 1. The Morgan fingerprint density at radius 3 is 2.62 bits per heavy atom. The van der Waals surface area contributed by atoms with Gasteiger partial charge in [0.05, 0.1) is 12.8 Å². The summed E-state index contributed by atoms with van der Waals surface area (Å²) in [5.74, 6) is 0.199. The van der Waals surface area contributed by atoms with Gasteiger partial charge >= 0.3 is 0 Å². The van der Waals surface area contributed by atoms with Crippen LogP contribution in [0.4, 0.5) is 0 Å². The van der Waals surface area contributed by atoms with Gasteiger partial charge < -0.3 is 9.67 Å². The van der Waals surface area contributed by atoms with E-state index < -0.39 is 0 Å². The van der Waals surface area contributed by atoms with Gasteiger partial charge in [0.1, 0.15) is 0 Å². The van der Waals surface area contributed by atoms with Gasteiger partial charge in [-0.3, -0.25) is 9.80 Å². The number of fused-ring (bicyclic) bond motifs is 3. The molecule has 24 heavy (non-hydrogen) atoms. The summed E-state index contributed by atoms with van der Waals surface area (Å²) in [6, 6.07) is 8.68. The highest BCUT2D eigenvalue weighted by Crippen LogP contribution is 2.34. The van der Waals surface area contributed by atoms with Gasteiger partial charge in [0.25, 0.3) is 0 Å². The minimum absolute atomic E-state index is 0.199. The standard InChI is InChI=1S/C20H29N3O/c1-15(22-10-5-6-11-22)23-12-9-18-17-7-3-4-8-19(17)21(2)20(18)16(13-23)14-24/h3-4,7-8,15-16,24H,5-6,9-14H2,1-2H3. The van der Waals surface area contributed by atoms with Gasteiger partial charge in [-0.1, -0.05) is 18.2 Å². The van der Waals surface area contributed by atoms with Crippen LogP contribution in [-0.4, -0.2) is 58.4 Å². The largest absolute Gasteiger partial charge is 0.396 e. The Kier molecular flexibility index (Phi) is 4.37. The number of likely N-dealkylation sites (tertiary alicyclic amines) is 1. The zero-order valence-electron chi connectivity index (χ0n) is 14.9. The number of nitrogens with zero attached hydrogens (tertiary/aromatic N) is 3. The molecule has 2 aliphatic rings. The molecular weight excluding hydrogens is 298 g/mol. The molecule has 2 aromatic rings. The molecule has 2 unspecified atom stereocenters. The van der Waals surface area contributed by atoms with Gasteiger partial charge in [-0.05, 0) is 50.9 Å². The highest BCUT2D eigenvalue weighted by atomic mass is 16.3. The minimum Gasteiger partial charge on any atom is -0.396 e. The van der Waals surface area contributed by atoms with Gasteiger partial charge in [-0.15, -0.1) is 0 Å². The topological polar surface area (TPSA) is 31.6 Å². The van der Waals surface area contributed by atoms with Gasteiger partial charge in [0.15, 0.2) is 0 Å². The van der Waals surface area contributed by atoms with E-state index in [1.807, 2.05) is 0 Å². The lowest BCUT2D eigenvalue weighted by Crippen LogP contribution is -2.47. The summed E-state index contributed by atoms with van der Waals surface area (Å²) >= 11 is 0. The second-order valence-corrected chi connectivity index (χ2v) is 7.44. The predicted octanol–water partition coefficient (Wildman–Crippen LogP) is 2.55. The Morgan fingerprint density at radius 1 is 1.12 bits per heavy atom. The van der Waals surface area contributed by atoms with Crippen molar-refractivity contribution in [3.63, 3.8) is 0 Å². The van der Waals surface area contributed by atoms with Crippen LogP contribution in [0.15, 0.2) is 24.3 Å². The number of para-hydroxylation sites is 1. The van der Waals surface area contributed by atoms with Crippen molar-refractivity contribution in [2.45, 2.75) is 38.3 Å². The van der Waals surface area contributed by atoms with Crippen molar-refractivity contribution in [3.8, 4) is 0 Å². The van der Waals surface area contributed by atoms with Crippen LogP contribution >= 0.6 is 0 Å². The first-order valence-corrected chi connectivity index (χ1v) is 9.36. The van der Waals surface area contributed by atoms with Crippen LogP contribution < -0.4 is 0 Å². The van der Waals surface area contributed by atoms with Crippen LogP contribution in [0.2, 0.25) is 0 Å². The number of aliphatic hydroxyl groups is 1. The van der Waals surface area contributed by atoms with Crippen molar-refractivity contribution >= 4 is 10.9 Å². The molecular formula is C20H29N3O. The zero-order valence-corrected chi connectivity index (χ0v) is 14.9. The molecule has 4 nitrogen and oxygen atoms in total. The number of aromatic nitrogens is 1. The van der Waals surface area contributed by atoms with Crippen LogP contribution in [0.3, 0.4) is 0 Å². The molecule has 1 N–H and O–H groups in total. The Labute approximate surface area is 144 Å². The van der Waals surface area contributed by atoms with Crippen LogP contribution in [0, 0.1) is 0 Å². The molecule has 0 radical (unpaired) electrons. The molecule has 0 spiro atoms. The van der Waals surface area contributed by atoms with E-state index in [1.165, 1.54) is 48.1 Å². The van der Waals surface area contributed by atoms with Gasteiger partial charge in [0.2, 0.25) is 0 Å². The van der Waals surface area contributed by atoms with E-state index in [-0.39, 0.29) is 12.5 Å². The van der Waals surface area contributed by atoms with Crippen LogP contribution in [0.25, 0.3) is 10.9 Å². The number of rotatable bonds is 3. The molecule has 0 aliphatic carbocycles. The maximum atomic E-state index is 10.1. The molecule has 4 heteroatoms. The summed E-state index contributed by atoms with van der Waals surface area (Å²) in [6.07, 6.45) is 4.20. The van der Waals surface area contributed by atoms with Crippen molar-refractivity contribution in [3.05, 3.63) is 35.5 Å². The third kappa shape index (κ3) is 2.57. The fourth-order valence-corrected chi connectivity index (χ4v) is 4.82. The van der Waals surface area contributed by atoms with Gasteiger partial charge in [-0.25, -0.2) is 0 Å². The summed E-state index contributed by atoms with van der Waals surface area (Å²) in [7, 11) is 2.16. The van der Waals surface area contributed by atoms with Crippen LogP contribution in [-0.2, 0) is 13.5 Å². The van der Waals surface area contributed by atoms with Crippen molar-refractivity contribution in [1.82, 2.24) is 14.4 Å².